The number of nitrogens with zero attached hydrogens (tertiary/aromatic N) is 1. The van der Waals surface area contributed by atoms with Gasteiger partial charge in [-0.05, 0) is 50.8 Å². The predicted octanol–water partition coefficient (Wildman–Crippen LogP) is 2.71. The Hall–Kier alpha value is -1.32. The third-order valence-electron chi connectivity index (χ3n) is 3.65. The molecule has 0 radical (unpaired) electrons. The van der Waals surface area contributed by atoms with E-state index in [1.165, 1.54) is 0 Å². The van der Waals surface area contributed by atoms with Gasteiger partial charge < -0.3 is 14.6 Å². The van der Waals surface area contributed by atoms with Gasteiger partial charge >= 0.3 is 0 Å². The summed E-state index contributed by atoms with van der Waals surface area (Å²) in [6, 6.07) is 7.86. The molecule has 1 rings (SSSR count). The van der Waals surface area contributed by atoms with Crippen molar-refractivity contribution in [3.8, 4) is 17.6 Å². The Morgan fingerprint density at radius 3 is 2.52 bits per heavy atom. The SMILES string of the molecule is COc1ccc(COCCN(C)C(C)(C)C#CC(O)=[SH]C)cc1. The summed E-state index contributed by atoms with van der Waals surface area (Å²) < 4.78 is 10.9. The van der Waals surface area contributed by atoms with E-state index in [0.717, 1.165) is 29.2 Å². The van der Waals surface area contributed by atoms with E-state index in [1.807, 2.05) is 51.4 Å². The lowest BCUT2D eigenvalue weighted by Gasteiger charge is -2.30. The van der Waals surface area contributed by atoms with E-state index in [1.54, 1.807) is 7.11 Å². The summed E-state index contributed by atoms with van der Waals surface area (Å²) in [5, 5.41) is 9.66. The van der Waals surface area contributed by atoms with Crippen LogP contribution in [0.2, 0.25) is 0 Å². The molecule has 0 aliphatic rings. The maximum atomic E-state index is 9.46. The van der Waals surface area contributed by atoms with Gasteiger partial charge in [-0.15, -0.1) is 0 Å². The maximum Gasteiger partial charge on any atom is 0.145 e. The van der Waals surface area contributed by atoms with E-state index in [9.17, 15) is 5.11 Å². The van der Waals surface area contributed by atoms with Crippen LogP contribution in [0, 0.1) is 11.8 Å². The first-order chi connectivity index (χ1) is 10.9. The molecule has 0 unspecified atom stereocenters. The lowest BCUT2D eigenvalue weighted by atomic mass is 10.0. The van der Waals surface area contributed by atoms with Crippen LogP contribution < -0.4 is 4.74 Å². The Morgan fingerprint density at radius 2 is 1.96 bits per heavy atom. The van der Waals surface area contributed by atoms with Gasteiger partial charge in [-0.3, -0.25) is 4.90 Å². The fourth-order valence-electron chi connectivity index (χ4n) is 1.75. The molecule has 0 aliphatic heterocycles. The Morgan fingerprint density at radius 1 is 1.30 bits per heavy atom. The van der Waals surface area contributed by atoms with Gasteiger partial charge in [0.1, 0.15) is 10.8 Å². The second-order valence-corrected chi connectivity index (χ2v) is 6.55. The van der Waals surface area contributed by atoms with Crippen molar-refractivity contribution in [1.82, 2.24) is 4.90 Å². The Kier molecular flexibility index (Phi) is 8.35. The highest BCUT2D eigenvalue weighted by Gasteiger charge is 2.20. The van der Waals surface area contributed by atoms with Crippen LogP contribution in [-0.4, -0.2) is 54.2 Å². The molecule has 0 saturated heterocycles. The first-order valence-electron chi connectivity index (χ1n) is 7.50. The van der Waals surface area contributed by atoms with Crippen LogP contribution in [0.15, 0.2) is 24.3 Å². The van der Waals surface area contributed by atoms with Crippen LogP contribution >= 0.6 is 11.4 Å². The van der Waals surface area contributed by atoms with Crippen LogP contribution in [0.25, 0.3) is 0 Å². The summed E-state index contributed by atoms with van der Waals surface area (Å²) in [5.41, 5.74) is 0.802. The molecule has 4 nitrogen and oxygen atoms in total. The summed E-state index contributed by atoms with van der Waals surface area (Å²) >= 11 is 0.793. The number of aliphatic hydroxyl groups excluding tert-OH is 1. The van der Waals surface area contributed by atoms with Crippen LogP contribution in [0.5, 0.6) is 5.75 Å². The normalized spacial score (nSPS) is 12.4. The number of ether oxygens (including phenoxy) is 2. The monoisotopic (exact) mass is 337 g/mol. The summed E-state index contributed by atoms with van der Waals surface area (Å²) in [6.07, 6.45) is 1.85. The van der Waals surface area contributed by atoms with Gasteiger partial charge in [0, 0.05) is 6.54 Å². The topological polar surface area (TPSA) is 41.9 Å². The smallest absolute Gasteiger partial charge is 0.145 e. The molecule has 0 amide bonds. The molecule has 1 aromatic carbocycles. The summed E-state index contributed by atoms with van der Waals surface area (Å²) in [4.78, 5) is 2.12. The Labute approximate surface area is 143 Å². The number of thiol groups is 1. The molecule has 5 heteroatoms. The summed E-state index contributed by atoms with van der Waals surface area (Å²) in [6.45, 7) is 6.03. The highest BCUT2D eigenvalue weighted by Crippen LogP contribution is 2.13. The largest absolute Gasteiger partial charge is 0.497 e. The molecule has 1 aromatic rings. The third-order valence-corrected chi connectivity index (χ3v) is 4.18. The Balaban J connectivity index is 2.39. The lowest BCUT2D eigenvalue weighted by molar-refractivity contribution is 0.0815. The van der Waals surface area contributed by atoms with Crippen molar-refractivity contribution in [3.63, 3.8) is 0 Å². The van der Waals surface area contributed by atoms with Gasteiger partial charge in [0.25, 0.3) is 0 Å². The van der Waals surface area contributed by atoms with Gasteiger partial charge in [0.15, 0.2) is 0 Å². The van der Waals surface area contributed by atoms with E-state index in [-0.39, 0.29) is 10.6 Å². The van der Waals surface area contributed by atoms with Gasteiger partial charge in [-0.1, -0.05) is 18.1 Å². The average Bonchev–Trinajstić information content (AvgIpc) is 2.56. The lowest BCUT2D eigenvalue weighted by Crippen LogP contribution is -2.41. The fourth-order valence-corrected chi connectivity index (χ4v) is 1.92. The molecule has 23 heavy (non-hydrogen) atoms. The number of likely N-dealkylation sites (N-methyl/N-ethyl adjacent to an activating group) is 1. The molecule has 0 heterocycles. The number of rotatable bonds is 7. The van der Waals surface area contributed by atoms with E-state index >= 15 is 0 Å². The molecule has 128 valence electrons. The van der Waals surface area contributed by atoms with Gasteiger partial charge in [-0.2, -0.15) is 11.4 Å². The molecule has 0 spiro atoms. The van der Waals surface area contributed by atoms with E-state index in [0.29, 0.717) is 13.2 Å². The number of methoxy groups -OCH3 is 1. The second-order valence-electron chi connectivity index (χ2n) is 5.68. The molecular weight excluding hydrogens is 310 g/mol. The van der Waals surface area contributed by atoms with Crippen molar-refractivity contribution >= 4 is 16.4 Å². The van der Waals surface area contributed by atoms with Gasteiger partial charge in [-0.25, -0.2) is 0 Å². The first-order valence-corrected chi connectivity index (χ1v) is 8.84. The third kappa shape index (κ3) is 7.19. The highest BCUT2D eigenvalue weighted by atomic mass is 32.1. The van der Waals surface area contributed by atoms with Gasteiger partial charge in [0.2, 0.25) is 0 Å². The summed E-state index contributed by atoms with van der Waals surface area (Å²) in [7, 11) is 3.66. The van der Waals surface area contributed by atoms with E-state index in [2.05, 4.69) is 16.7 Å². The first kappa shape index (κ1) is 19.7. The van der Waals surface area contributed by atoms with E-state index < -0.39 is 0 Å². The number of hydrogen-bond donors (Lipinski definition) is 2. The zero-order chi connectivity index (χ0) is 17.3. The molecule has 0 aromatic heterocycles. The molecule has 0 atom stereocenters. The van der Waals surface area contributed by atoms with Crippen molar-refractivity contribution in [3.05, 3.63) is 29.8 Å². The number of aliphatic hydroxyl groups is 1. The van der Waals surface area contributed by atoms with Crippen molar-refractivity contribution in [2.24, 2.45) is 0 Å². The Bertz CT molecular complexity index is 570. The predicted molar refractivity (Wildman–Crippen MR) is 99.7 cm³/mol. The quantitative estimate of drug-likeness (QED) is 0.347. The van der Waals surface area contributed by atoms with E-state index in [4.69, 9.17) is 9.47 Å². The van der Waals surface area contributed by atoms with Crippen molar-refractivity contribution in [2.45, 2.75) is 26.0 Å². The fraction of sp³-hybridized carbons (Fsp3) is 0.500. The van der Waals surface area contributed by atoms with Crippen molar-refractivity contribution in [2.75, 3.05) is 33.6 Å². The molecular formula is C18H27NO3S. The maximum absolute atomic E-state index is 9.46. The molecule has 1 N–H and O–H groups in total. The summed E-state index contributed by atoms with van der Waals surface area (Å²) in [5.74, 6) is 6.74. The van der Waals surface area contributed by atoms with Crippen LogP contribution in [0.4, 0.5) is 0 Å². The molecule has 0 bridgehead atoms. The average molecular weight is 337 g/mol. The number of benzene rings is 1. The zero-order valence-electron chi connectivity index (χ0n) is 14.6. The highest BCUT2D eigenvalue weighted by molar-refractivity contribution is 7.98. The van der Waals surface area contributed by atoms with Crippen molar-refractivity contribution < 1.29 is 14.6 Å². The minimum Gasteiger partial charge on any atom is -0.497 e. The van der Waals surface area contributed by atoms with Crippen LogP contribution in [0.1, 0.15) is 19.4 Å². The van der Waals surface area contributed by atoms with Crippen LogP contribution in [-0.2, 0) is 11.3 Å². The minimum absolute atomic E-state index is 0.197. The standard InChI is InChI=1S/C18H27NO3S/c1-18(2,11-10-17(20)23-5)19(3)12-13-22-14-15-6-8-16(21-4)9-7-15/h6-9,20,23H,12-14H2,1-5H3. The molecule has 0 saturated carbocycles. The molecule has 0 fully saturated rings. The number of hydrogen-bond acceptors (Lipinski definition) is 3. The zero-order valence-corrected chi connectivity index (χ0v) is 15.5. The second kappa shape index (κ2) is 9.74. The minimum atomic E-state index is -0.317. The van der Waals surface area contributed by atoms with Crippen molar-refractivity contribution in [1.29, 1.82) is 0 Å². The van der Waals surface area contributed by atoms with Crippen LogP contribution in [0.3, 0.4) is 0 Å². The van der Waals surface area contributed by atoms with Gasteiger partial charge in [0.05, 0.1) is 25.9 Å². The molecule has 0 aliphatic carbocycles.